The number of nitriles is 1. The molecule has 26 nitrogen and oxygen atoms in total. The third kappa shape index (κ3) is 24.1. The molecule has 737 valence electrons. The number of carbonyl (C=O) groups excluding carboxylic acids is 9. The molecule has 3 aromatic heterocycles. The minimum absolute atomic E-state index is 0. The van der Waals surface area contributed by atoms with Crippen LogP contribution >= 0.6 is 0 Å². The van der Waals surface area contributed by atoms with Gasteiger partial charge in [-0.15, -0.1) is 0 Å². The number of halogens is 12. The molecule has 41 heteroatoms. The first-order chi connectivity index (χ1) is 62.0. The third-order valence-corrected chi connectivity index (χ3v) is 27.3. The number of rotatable bonds is 4. The van der Waals surface area contributed by atoms with Crippen LogP contribution in [0.15, 0.2) is 66.7 Å². The van der Waals surface area contributed by atoms with E-state index < -0.39 is 231 Å². The fourth-order valence-corrected chi connectivity index (χ4v) is 18.7. The Labute approximate surface area is 815 Å². The summed E-state index contributed by atoms with van der Waals surface area (Å²) in [5, 5.41) is 17.5. The number of amides is 6. The van der Waals surface area contributed by atoms with E-state index in [2.05, 4.69) is 35.9 Å². The third-order valence-electron chi connectivity index (χ3n) is 27.3. The number of fused-ring (bicyclic) bond motifs is 15. The maximum absolute atomic E-state index is 16.0. The van der Waals surface area contributed by atoms with Crippen molar-refractivity contribution in [1.82, 2.24) is 50.6 Å². The zero-order valence-electron chi connectivity index (χ0n) is 77.6. The Morgan fingerprint density at radius 1 is 0.463 bits per heavy atom. The van der Waals surface area contributed by atoms with E-state index in [-0.39, 0.29) is 163 Å². The second-order valence-electron chi connectivity index (χ2n) is 40.4. The summed E-state index contributed by atoms with van der Waals surface area (Å²) in [7, 11) is 0. The normalized spacial score (nSPS) is 29.9. The number of nitrogens with one attached hydrogen (secondary N) is 3. The zero-order valence-corrected chi connectivity index (χ0v) is 81.8. The van der Waals surface area contributed by atoms with Gasteiger partial charge in [-0.1, -0.05) is 139 Å². The van der Waals surface area contributed by atoms with Crippen LogP contribution in [0.4, 0.5) is 67.1 Å². The van der Waals surface area contributed by atoms with Crippen molar-refractivity contribution in [3.05, 3.63) is 100 Å². The van der Waals surface area contributed by atoms with Gasteiger partial charge in [-0.3, -0.25) is 14.4 Å². The predicted octanol–water partition coefficient (Wildman–Crippen LogP) is 17.9. The van der Waals surface area contributed by atoms with Gasteiger partial charge in [0.2, 0.25) is 35.4 Å². The molecule has 6 amide bonds. The molecule has 3 radical (unpaired) electrons. The molecule has 15 rings (SSSR count). The second-order valence-corrected chi connectivity index (χ2v) is 40.4. The number of hydrogen-bond donors (Lipinski definition) is 3. The van der Waals surface area contributed by atoms with E-state index in [1.807, 2.05) is 24.9 Å². The smallest absolute Gasteiger partial charge is 0.416 e. The first-order valence-corrected chi connectivity index (χ1v) is 45.0. The first kappa shape index (κ1) is 109. The molecule has 3 saturated carbocycles. The first-order valence-electron chi connectivity index (χ1n) is 45.0. The topological polar surface area (TPSA) is 330 Å². The average molecular weight is 2030 g/mol. The van der Waals surface area contributed by atoms with E-state index >= 15 is 26.3 Å². The minimum atomic E-state index is -4.68. The summed E-state index contributed by atoms with van der Waals surface area (Å²) in [6.07, 6.45) is -5.56. The van der Waals surface area contributed by atoms with Crippen molar-refractivity contribution >= 4 is 87.7 Å². The van der Waals surface area contributed by atoms with Crippen molar-refractivity contribution in [3.8, 4) is 23.7 Å². The molecular formula is C95H110F12N11O15V3-3. The van der Waals surface area contributed by atoms with Crippen LogP contribution in [0.5, 0.6) is 17.6 Å². The molecule has 6 fully saturated rings. The molecule has 136 heavy (non-hydrogen) atoms. The second kappa shape index (κ2) is 41.3. The molecule has 3 aliphatic carbocycles. The summed E-state index contributed by atoms with van der Waals surface area (Å²) >= 11 is 0. The number of benzene rings is 3. The van der Waals surface area contributed by atoms with E-state index in [0.29, 0.717) is 57.8 Å². The molecule has 6 bridgehead atoms. The van der Waals surface area contributed by atoms with Crippen LogP contribution in [-0.2, 0) is 129 Å². The van der Waals surface area contributed by atoms with Gasteiger partial charge in [-0.05, 0) is 166 Å². The van der Waals surface area contributed by atoms with Gasteiger partial charge < -0.3 is 73.5 Å². The van der Waals surface area contributed by atoms with Gasteiger partial charge >= 0.3 is 30.6 Å². The maximum atomic E-state index is 16.0. The van der Waals surface area contributed by atoms with Crippen molar-refractivity contribution in [1.29, 1.82) is 5.26 Å². The monoisotopic (exact) mass is 2030 g/mol. The number of carbonyl (C=O) groups is 6. The van der Waals surface area contributed by atoms with Crippen molar-refractivity contribution in [3.63, 3.8) is 0 Å². The summed E-state index contributed by atoms with van der Waals surface area (Å²) < 4.78 is 211. The molecule has 0 unspecified atom stereocenters. The minimum Gasteiger partial charge on any atom is -0.540 e. The summed E-state index contributed by atoms with van der Waals surface area (Å²) in [6, 6.07) is 7.33. The fraction of sp³-hybridized carbons (Fsp3) is 0.621. The van der Waals surface area contributed by atoms with Gasteiger partial charge in [0, 0.05) is 97.5 Å². The van der Waals surface area contributed by atoms with Crippen LogP contribution < -0.4 is 30.2 Å². The van der Waals surface area contributed by atoms with Gasteiger partial charge in [-0.25, -0.2) is 70.7 Å². The molecule has 9 heterocycles. The molecule has 6 aliphatic heterocycles. The van der Waals surface area contributed by atoms with Crippen molar-refractivity contribution in [2.75, 3.05) is 19.6 Å². The van der Waals surface area contributed by atoms with Gasteiger partial charge in [-0.2, -0.15) is 40.4 Å². The number of pyridine rings is 2. The van der Waals surface area contributed by atoms with E-state index in [9.17, 15) is 74.8 Å². The summed E-state index contributed by atoms with van der Waals surface area (Å²) in [4.78, 5) is 138. The van der Waals surface area contributed by atoms with Gasteiger partial charge in [0.15, 0.2) is 5.69 Å². The largest absolute Gasteiger partial charge is 0.540 e. The predicted molar refractivity (Wildman–Crippen MR) is 457 cm³/mol. The Bertz CT molecular complexity index is 5510. The van der Waals surface area contributed by atoms with E-state index in [0.717, 1.165) is 48.5 Å². The Balaban J connectivity index is 0.000000209. The molecule has 3 saturated heterocycles. The molecule has 18 atom stereocenters. The van der Waals surface area contributed by atoms with Crippen LogP contribution in [-0.4, -0.2) is 181 Å². The Hall–Kier alpha value is -9.15. The number of ether oxygens (including phenoxy) is 6. The van der Waals surface area contributed by atoms with Crippen LogP contribution in [0, 0.1) is 63.1 Å². The van der Waals surface area contributed by atoms with Crippen molar-refractivity contribution in [2.45, 2.75) is 302 Å². The number of hydrogen-bond acceptors (Lipinski definition) is 20. The summed E-state index contributed by atoms with van der Waals surface area (Å²) in [5.41, 5.74) is -7.46. The van der Waals surface area contributed by atoms with Crippen LogP contribution in [0.3, 0.4) is 0 Å². The number of aromatic nitrogens is 4. The molecule has 9 aliphatic rings. The number of nitrogens with zero attached hydrogens (tertiary/aromatic N) is 8. The molecule has 3 aromatic carbocycles. The SMILES string of the molecule is CC[C@@H]1[C@@H]2CN(C(=O)[C@H](C(C)(C)C)NC(=O)O[C@]3(C)C[C@H]3CCCCC(F)(F)c3cc4ccc(C(F)(F)F)cc4nc3O2)[C@@H]1[C-]=O.C[C@@H]1[C@@H]2CN(C(=O)[C@H](C(C)(C)C)NC(=O)O[C@@H]3C[C@H]3CCCCC(F)(F)c3nc4ccc(C#N)cc4nc3O2)[C@@H]1[C-]=O.C[C@@H]1[C@@H]2CN(C(=O)[C@H](C(C)(C)C)NC(=O)O[C@]3(C)C[C@H]3CCCCC(F)(F)c3cc4ccc(C(F)(F)F)cc4nc3O2)[C@@H]1[C-]=O.[V].[V].[V]. The number of alkyl carbamates (subject to hydrolysis) is 3. The van der Waals surface area contributed by atoms with Crippen LogP contribution in [0.25, 0.3) is 32.8 Å². The van der Waals surface area contributed by atoms with E-state index in [1.165, 1.54) is 32.9 Å². The Morgan fingerprint density at radius 2 is 0.853 bits per heavy atom. The summed E-state index contributed by atoms with van der Waals surface area (Å²) in [5.74, 6) is -15.7. The van der Waals surface area contributed by atoms with E-state index in [4.69, 9.17) is 28.4 Å². The van der Waals surface area contributed by atoms with Crippen molar-refractivity contribution < 1.29 is 180 Å². The van der Waals surface area contributed by atoms with Crippen LogP contribution in [0.1, 0.15) is 233 Å². The molecule has 0 spiro atoms. The van der Waals surface area contributed by atoms with Gasteiger partial charge in [0.05, 0.1) is 75.6 Å². The Morgan fingerprint density at radius 3 is 1.26 bits per heavy atom. The van der Waals surface area contributed by atoms with E-state index in [1.54, 1.807) is 96.9 Å². The van der Waals surface area contributed by atoms with Gasteiger partial charge in [0.1, 0.15) is 53.7 Å². The Kier molecular flexibility index (Phi) is 33.1. The zero-order chi connectivity index (χ0) is 97.3. The van der Waals surface area contributed by atoms with Gasteiger partial charge in [0.25, 0.3) is 17.8 Å². The quantitative estimate of drug-likeness (QED) is 0.0838. The molecule has 3 N–H and O–H groups in total. The van der Waals surface area contributed by atoms with Crippen LogP contribution in [0.2, 0.25) is 0 Å². The molecule has 6 aromatic rings. The standard InChI is InChI=1S/C33H39F5N3O5.C32H37F5N3O5.C30H34F2N5O5.3V/c1-6-21-24(17-42)41-16-25(21)45-27-22(13-18-10-11-19(33(36,37)38)14-23(18)39-27)32(34,35)12-8-7-9-20-15-31(20,5)46-29(44)40-26(28(41)43)30(2,3)4;1-17-23(16-41)40-15-24(17)44-26-21(12-18-9-10-19(32(35,36)37)13-22(18)38-26)31(33,34)11-7-6-8-20-14-30(20,5)45-28(43)39-25(27(40)42)29(2,3)4;1-16-21(15-38)37-14-23(16)41-26-24(34-19-9-8-17(13-33)11-20(19)35-26)30(31,32)10-6-5-7-18-12-22(18)42-28(40)36-25(27(37)39)29(2,3)4;;;/h10-11,13-14,20-21,24-26H,6-9,12,15-16H2,1-5H3,(H,40,44);9-10,12-13,17,20,23-25H,6-8,11,14-15H2,1-5H3,(H,39,43);8-9,11,16,18,21-23,25H,5-7,10,12,14H2,1-4H3,(H,36,40);;;/q3*-1;;;/t20-,21+,24-,25+,26-,31-;17-,20+,23+,24-,25+,30+;16-,18+,21+,22+,23-,25+;;;/m100.../s1. The fourth-order valence-electron chi connectivity index (χ4n) is 18.7. The number of alkyl halides is 12. The molecular weight excluding hydrogens is 1920 g/mol. The maximum Gasteiger partial charge on any atom is 0.416 e. The summed E-state index contributed by atoms with van der Waals surface area (Å²) in [6.45, 7) is 23.7. The van der Waals surface area contributed by atoms with Crippen molar-refractivity contribution in [2.24, 2.45) is 51.8 Å². The average Bonchev–Trinajstić information content (AvgIpc) is 1.60.